The van der Waals surface area contributed by atoms with Crippen LogP contribution in [0.2, 0.25) is 0 Å². The van der Waals surface area contributed by atoms with Crippen LogP contribution in [0.5, 0.6) is 0 Å². The van der Waals surface area contributed by atoms with Crippen molar-refractivity contribution < 1.29 is 23.1 Å². The molecule has 0 bridgehead atoms. The maximum absolute atomic E-state index is 12.3. The highest BCUT2D eigenvalue weighted by Crippen LogP contribution is 2.31. The Kier molecular flexibility index (Phi) is 3.22. The SMILES string of the molecule is Nc1ccc(C(F)(F)F)cc1C=CC(=O)O. The number of benzene rings is 1. The molecule has 0 aromatic heterocycles. The fourth-order valence-corrected chi connectivity index (χ4v) is 1.06. The van der Waals surface area contributed by atoms with Crippen molar-refractivity contribution in [2.24, 2.45) is 0 Å². The first-order valence-corrected chi connectivity index (χ1v) is 4.18. The second-order valence-corrected chi connectivity index (χ2v) is 3.01. The zero-order valence-corrected chi connectivity index (χ0v) is 7.95. The highest BCUT2D eigenvalue weighted by Gasteiger charge is 2.30. The third-order valence-corrected chi connectivity index (χ3v) is 1.82. The summed E-state index contributed by atoms with van der Waals surface area (Å²) in [6.07, 6.45) is -2.72. The monoisotopic (exact) mass is 231 g/mol. The number of carboxylic acid groups (broad SMARTS) is 1. The van der Waals surface area contributed by atoms with Crippen LogP contribution >= 0.6 is 0 Å². The van der Waals surface area contributed by atoms with Gasteiger partial charge in [0.2, 0.25) is 0 Å². The molecule has 86 valence electrons. The molecule has 0 saturated heterocycles. The molecule has 3 nitrogen and oxygen atoms in total. The Morgan fingerprint density at radius 3 is 2.50 bits per heavy atom. The number of anilines is 1. The number of carbonyl (C=O) groups is 1. The Morgan fingerprint density at radius 2 is 2.00 bits per heavy atom. The minimum absolute atomic E-state index is 0.0252. The number of nitrogens with two attached hydrogens (primary N) is 1. The Labute approximate surface area is 89.0 Å². The molecule has 16 heavy (non-hydrogen) atoms. The smallest absolute Gasteiger partial charge is 0.416 e. The molecule has 0 amide bonds. The highest BCUT2D eigenvalue weighted by atomic mass is 19.4. The molecule has 0 unspecified atom stereocenters. The van der Waals surface area contributed by atoms with E-state index in [2.05, 4.69) is 0 Å². The van der Waals surface area contributed by atoms with E-state index in [4.69, 9.17) is 10.8 Å². The maximum atomic E-state index is 12.3. The van der Waals surface area contributed by atoms with Crippen molar-refractivity contribution >= 4 is 17.7 Å². The van der Waals surface area contributed by atoms with Crippen LogP contribution in [-0.2, 0) is 11.0 Å². The predicted octanol–water partition coefficient (Wildman–Crippen LogP) is 2.39. The number of rotatable bonds is 2. The summed E-state index contributed by atoms with van der Waals surface area (Å²) in [5.74, 6) is -1.25. The Balaban J connectivity index is 3.14. The minimum atomic E-state index is -4.47. The largest absolute Gasteiger partial charge is 0.478 e. The lowest BCUT2D eigenvalue weighted by Gasteiger charge is -2.08. The molecule has 1 aromatic rings. The van der Waals surface area contributed by atoms with Crippen LogP contribution in [0.15, 0.2) is 24.3 Å². The lowest BCUT2D eigenvalue weighted by Crippen LogP contribution is -2.05. The molecule has 0 aliphatic rings. The second kappa shape index (κ2) is 4.26. The molecule has 0 aliphatic carbocycles. The van der Waals surface area contributed by atoms with Gasteiger partial charge in [-0.3, -0.25) is 0 Å². The average molecular weight is 231 g/mol. The van der Waals surface area contributed by atoms with Crippen LogP contribution in [-0.4, -0.2) is 11.1 Å². The highest BCUT2D eigenvalue weighted by molar-refractivity contribution is 5.86. The standard InChI is InChI=1S/C10H8F3NO2/c11-10(12,13)7-2-3-8(14)6(5-7)1-4-9(15)16/h1-5H,14H2,(H,15,16). The maximum Gasteiger partial charge on any atom is 0.416 e. The van der Waals surface area contributed by atoms with Gasteiger partial charge in [0.25, 0.3) is 0 Å². The third kappa shape index (κ3) is 3.01. The molecule has 3 N–H and O–H groups in total. The summed E-state index contributed by atoms with van der Waals surface area (Å²) in [5.41, 5.74) is 4.65. The molecule has 0 fully saturated rings. The van der Waals surface area contributed by atoms with Crippen molar-refractivity contribution in [1.29, 1.82) is 0 Å². The quantitative estimate of drug-likeness (QED) is 0.606. The van der Waals surface area contributed by atoms with E-state index in [-0.39, 0.29) is 11.3 Å². The minimum Gasteiger partial charge on any atom is -0.478 e. The second-order valence-electron chi connectivity index (χ2n) is 3.01. The Hall–Kier alpha value is -1.98. The topological polar surface area (TPSA) is 63.3 Å². The summed E-state index contributed by atoms with van der Waals surface area (Å²) in [5, 5.41) is 8.35. The molecule has 0 atom stereocenters. The van der Waals surface area contributed by atoms with Crippen LogP contribution < -0.4 is 5.73 Å². The van der Waals surface area contributed by atoms with Gasteiger partial charge in [-0.25, -0.2) is 4.79 Å². The lowest BCUT2D eigenvalue weighted by atomic mass is 10.1. The van der Waals surface area contributed by atoms with Gasteiger partial charge in [-0.1, -0.05) is 0 Å². The van der Waals surface area contributed by atoms with Crippen LogP contribution in [0.4, 0.5) is 18.9 Å². The van der Waals surface area contributed by atoms with Crippen molar-refractivity contribution in [3.63, 3.8) is 0 Å². The fraction of sp³-hybridized carbons (Fsp3) is 0.100. The van der Waals surface area contributed by atoms with Crippen molar-refractivity contribution in [2.45, 2.75) is 6.18 Å². The Bertz CT molecular complexity index is 438. The number of halogens is 3. The van der Waals surface area contributed by atoms with E-state index >= 15 is 0 Å². The summed E-state index contributed by atoms with van der Waals surface area (Å²) >= 11 is 0. The van der Waals surface area contributed by atoms with E-state index in [9.17, 15) is 18.0 Å². The van der Waals surface area contributed by atoms with E-state index in [1.54, 1.807) is 0 Å². The first-order valence-electron chi connectivity index (χ1n) is 4.18. The number of hydrogen-bond acceptors (Lipinski definition) is 2. The summed E-state index contributed by atoms with van der Waals surface area (Å²) in [7, 11) is 0. The molecule has 0 aliphatic heterocycles. The van der Waals surface area contributed by atoms with Crippen LogP contribution in [0.3, 0.4) is 0 Å². The molecular weight excluding hydrogens is 223 g/mol. The Morgan fingerprint density at radius 1 is 1.38 bits per heavy atom. The normalized spacial score (nSPS) is 11.9. The van der Waals surface area contributed by atoms with Gasteiger partial charge < -0.3 is 10.8 Å². The van der Waals surface area contributed by atoms with Crippen molar-refractivity contribution in [3.05, 3.63) is 35.4 Å². The van der Waals surface area contributed by atoms with Crippen LogP contribution in [0, 0.1) is 0 Å². The van der Waals surface area contributed by atoms with E-state index < -0.39 is 17.7 Å². The number of alkyl halides is 3. The molecule has 6 heteroatoms. The number of hydrogen-bond donors (Lipinski definition) is 2. The van der Waals surface area contributed by atoms with E-state index in [1.807, 2.05) is 0 Å². The third-order valence-electron chi connectivity index (χ3n) is 1.82. The van der Waals surface area contributed by atoms with Gasteiger partial charge in [-0.2, -0.15) is 13.2 Å². The summed E-state index contributed by atoms with van der Waals surface area (Å²) in [6.45, 7) is 0. The molecule has 0 saturated carbocycles. The van der Waals surface area contributed by atoms with E-state index in [0.717, 1.165) is 30.4 Å². The number of aliphatic carboxylic acids is 1. The van der Waals surface area contributed by atoms with Gasteiger partial charge in [0, 0.05) is 11.8 Å². The lowest BCUT2D eigenvalue weighted by molar-refractivity contribution is -0.137. The number of nitrogen functional groups attached to an aromatic ring is 1. The van der Waals surface area contributed by atoms with Gasteiger partial charge >= 0.3 is 12.1 Å². The van der Waals surface area contributed by atoms with E-state index in [1.165, 1.54) is 0 Å². The van der Waals surface area contributed by atoms with Crippen molar-refractivity contribution in [2.75, 3.05) is 5.73 Å². The van der Waals surface area contributed by atoms with E-state index in [0.29, 0.717) is 0 Å². The van der Waals surface area contributed by atoms with Gasteiger partial charge in [-0.15, -0.1) is 0 Å². The number of carboxylic acids is 1. The molecule has 0 spiro atoms. The summed E-state index contributed by atoms with van der Waals surface area (Å²) in [6, 6.07) is 2.73. The zero-order valence-electron chi connectivity index (χ0n) is 7.95. The van der Waals surface area contributed by atoms with Gasteiger partial charge in [0.1, 0.15) is 0 Å². The van der Waals surface area contributed by atoms with Gasteiger partial charge in [0.05, 0.1) is 5.56 Å². The van der Waals surface area contributed by atoms with Crippen LogP contribution in [0.25, 0.3) is 6.08 Å². The molecular formula is C10H8F3NO2. The summed E-state index contributed by atoms with van der Waals surface area (Å²) in [4.78, 5) is 10.2. The first kappa shape index (κ1) is 12.1. The van der Waals surface area contributed by atoms with Crippen molar-refractivity contribution in [3.8, 4) is 0 Å². The summed E-state index contributed by atoms with van der Waals surface area (Å²) < 4.78 is 37.0. The fourth-order valence-electron chi connectivity index (χ4n) is 1.06. The zero-order chi connectivity index (χ0) is 12.3. The van der Waals surface area contributed by atoms with Gasteiger partial charge in [-0.05, 0) is 29.8 Å². The average Bonchev–Trinajstić information content (AvgIpc) is 2.14. The molecule has 0 heterocycles. The first-order chi connectivity index (χ1) is 7.30. The van der Waals surface area contributed by atoms with Crippen molar-refractivity contribution in [1.82, 2.24) is 0 Å². The van der Waals surface area contributed by atoms with Gasteiger partial charge in [0.15, 0.2) is 0 Å². The predicted molar refractivity (Wildman–Crippen MR) is 52.5 cm³/mol. The molecule has 1 rings (SSSR count). The molecule has 1 aromatic carbocycles. The van der Waals surface area contributed by atoms with Crippen LogP contribution in [0.1, 0.15) is 11.1 Å². The molecule has 0 radical (unpaired) electrons.